The number of benzene rings is 2. The number of amides is 2. The zero-order valence-corrected chi connectivity index (χ0v) is 15.2. The number of hydrogen-bond donors (Lipinski definition) is 2. The SMILES string of the molecule is CC(=O)Nc1ccc(OCC(=O)NCCc2ccc(Cl)cc2Cl)cc1. The summed E-state index contributed by atoms with van der Waals surface area (Å²) in [5.41, 5.74) is 1.59. The standard InChI is InChI=1S/C18H18Cl2N2O3/c1-12(23)22-15-4-6-16(7-5-15)25-11-18(24)21-9-8-13-2-3-14(19)10-17(13)20/h2-7,10H,8-9,11H2,1H3,(H,21,24)(H,22,23). The quantitative estimate of drug-likeness (QED) is 0.769. The lowest BCUT2D eigenvalue weighted by Crippen LogP contribution is -2.30. The highest BCUT2D eigenvalue weighted by Crippen LogP contribution is 2.21. The highest BCUT2D eigenvalue weighted by molar-refractivity contribution is 6.35. The minimum Gasteiger partial charge on any atom is -0.484 e. The largest absolute Gasteiger partial charge is 0.484 e. The van der Waals surface area contributed by atoms with E-state index in [1.54, 1.807) is 36.4 Å². The summed E-state index contributed by atoms with van der Waals surface area (Å²) in [6.07, 6.45) is 0.604. The van der Waals surface area contributed by atoms with E-state index in [1.807, 2.05) is 6.07 Å². The van der Waals surface area contributed by atoms with Crippen LogP contribution in [0.2, 0.25) is 10.0 Å². The van der Waals surface area contributed by atoms with Gasteiger partial charge in [0.25, 0.3) is 5.91 Å². The van der Waals surface area contributed by atoms with Crippen LogP contribution in [0.3, 0.4) is 0 Å². The Morgan fingerprint density at radius 3 is 2.44 bits per heavy atom. The first-order valence-electron chi connectivity index (χ1n) is 7.65. The molecule has 5 nitrogen and oxygen atoms in total. The van der Waals surface area contributed by atoms with Crippen molar-refractivity contribution < 1.29 is 14.3 Å². The molecule has 132 valence electrons. The highest BCUT2D eigenvalue weighted by atomic mass is 35.5. The summed E-state index contributed by atoms with van der Waals surface area (Å²) in [6.45, 7) is 1.80. The molecular weight excluding hydrogens is 363 g/mol. The first-order chi connectivity index (χ1) is 11.9. The maximum absolute atomic E-state index is 11.8. The van der Waals surface area contributed by atoms with Crippen molar-refractivity contribution >= 4 is 40.7 Å². The molecule has 0 aliphatic rings. The molecule has 0 unspecified atom stereocenters. The van der Waals surface area contributed by atoms with Crippen molar-refractivity contribution in [2.45, 2.75) is 13.3 Å². The number of ether oxygens (including phenoxy) is 1. The van der Waals surface area contributed by atoms with Gasteiger partial charge in [-0.1, -0.05) is 29.3 Å². The fourth-order valence-corrected chi connectivity index (χ4v) is 2.60. The van der Waals surface area contributed by atoms with E-state index >= 15 is 0 Å². The van der Waals surface area contributed by atoms with Crippen molar-refractivity contribution in [2.75, 3.05) is 18.5 Å². The van der Waals surface area contributed by atoms with Crippen LogP contribution in [-0.4, -0.2) is 25.0 Å². The molecule has 0 spiro atoms. The van der Waals surface area contributed by atoms with Gasteiger partial charge in [0.2, 0.25) is 5.91 Å². The van der Waals surface area contributed by atoms with E-state index in [4.69, 9.17) is 27.9 Å². The van der Waals surface area contributed by atoms with Gasteiger partial charge in [-0.2, -0.15) is 0 Å². The van der Waals surface area contributed by atoms with Crippen LogP contribution in [0.5, 0.6) is 5.75 Å². The number of hydrogen-bond acceptors (Lipinski definition) is 3. The van der Waals surface area contributed by atoms with Gasteiger partial charge in [0.05, 0.1) is 0 Å². The lowest BCUT2D eigenvalue weighted by Gasteiger charge is -2.09. The van der Waals surface area contributed by atoms with Crippen molar-refractivity contribution in [1.29, 1.82) is 0 Å². The Kier molecular flexibility index (Phi) is 7.10. The second kappa shape index (κ2) is 9.30. The molecule has 0 heterocycles. The number of halogens is 2. The second-order valence-electron chi connectivity index (χ2n) is 5.33. The van der Waals surface area contributed by atoms with Crippen molar-refractivity contribution in [1.82, 2.24) is 5.32 Å². The maximum atomic E-state index is 11.8. The minimum atomic E-state index is -0.226. The Bertz CT molecular complexity index is 748. The molecule has 0 atom stereocenters. The first kappa shape index (κ1) is 19.1. The van der Waals surface area contributed by atoms with E-state index in [0.29, 0.717) is 34.4 Å². The van der Waals surface area contributed by atoms with Crippen LogP contribution in [0, 0.1) is 0 Å². The number of rotatable bonds is 7. The lowest BCUT2D eigenvalue weighted by molar-refractivity contribution is -0.123. The van der Waals surface area contributed by atoms with Crippen LogP contribution in [0.4, 0.5) is 5.69 Å². The third-order valence-electron chi connectivity index (χ3n) is 3.28. The van der Waals surface area contributed by atoms with Gasteiger partial charge in [-0.3, -0.25) is 9.59 Å². The number of carbonyl (C=O) groups excluding carboxylic acids is 2. The molecule has 0 radical (unpaired) electrons. The highest BCUT2D eigenvalue weighted by Gasteiger charge is 2.05. The van der Waals surface area contributed by atoms with E-state index in [9.17, 15) is 9.59 Å². The van der Waals surface area contributed by atoms with E-state index < -0.39 is 0 Å². The molecule has 0 aromatic heterocycles. The van der Waals surface area contributed by atoms with Crippen LogP contribution in [0.15, 0.2) is 42.5 Å². The fraction of sp³-hybridized carbons (Fsp3) is 0.222. The molecule has 2 N–H and O–H groups in total. The van der Waals surface area contributed by atoms with Crippen LogP contribution < -0.4 is 15.4 Å². The third-order valence-corrected chi connectivity index (χ3v) is 3.86. The monoisotopic (exact) mass is 380 g/mol. The van der Waals surface area contributed by atoms with E-state index in [2.05, 4.69) is 10.6 Å². The maximum Gasteiger partial charge on any atom is 0.257 e. The Balaban J connectivity index is 1.72. The van der Waals surface area contributed by atoms with Crippen molar-refractivity contribution in [3.05, 3.63) is 58.1 Å². The van der Waals surface area contributed by atoms with Crippen LogP contribution in [0.1, 0.15) is 12.5 Å². The van der Waals surface area contributed by atoms with Gasteiger partial charge < -0.3 is 15.4 Å². The smallest absolute Gasteiger partial charge is 0.257 e. The molecule has 0 saturated carbocycles. The molecular formula is C18H18Cl2N2O3. The predicted molar refractivity (Wildman–Crippen MR) is 99.4 cm³/mol. The van der Waals surface area contributed by atoms with Gasteiger partial charge in [0, 0.05) is 29.2 Å². The van der Waals surface area contributed by atoms with Gasteiger partial charge in [0.15, 0.2) is 6.61 Å². The Labute approximate surface area is 156 Å². The van der Waals surface area contributed by atoms with Gasteiger partial charge in [-0.25, -0.2) is 0 Å². The lowest BCUT2D eigenvalue weighted by atomic mass is 10.1. The van der Waals surface area contributed by atoms with Gasteiger partial charge in [-0.05, 0) is 48.4 Å². The number of anilines is 1. The first-order valence-corrected chi connectivity index (χ1v) is 8.41. The summed E-state index contributed by atoms with van der Waals surface area (Å²) in [6, 6.07) is 12.1. The van der Waals surface area contributed by atoms with Crippen molar-refractivity contribution in [3.63, 3.8) is 0 Å². The molecule has 0 bridgehead atoms. The van der Waals surface area contributed by atoms with Gasteiger partial charge in [0.1, 0.15) is 5.75 Å². The summed E-state index contributed by atoms with van der Waals surface area (Å²) in [5.74, 6) is 0.176. The molecule has 0 aliphatic heterocycles. The average Bonchev–Trinajstić information content (AvgIpc) is 2.56. The predicted octanol–water partition coefficient (Wildman–Crippen LogP) is 3.69. The van der Waals surface area contributed by atoms with E-state index in [-0.39, 0.29) is 18.4 Å². The van der Waals surface area contributed by atoms with E-state index in [1.165, 1.54) is 6.92 Å². The van der Waals surface area contributed by atoms with Crippen LogP contribution >= 0.6 is 23.2 Å². The van der Waals surface area contributed by atoms with E-state index in [0.717, 1.165) is 5.56 Å². The molecule has 2 aromatic carbocycles. The van der Waals surface area contributed by atoms with Crippen LogP contribution in [0.25, 0.3) is 0 Å². The molecule has 2 amide bonds. The zero-order chi connectivity index (χ0) is 18.2. The van der Waals surface area contributed by atoms with Gasteiger partial charge in [-0.15, -0.1) is 0 Å². The summed E-state index contributed by atoms with van der Waals surface area (Å²) >= 11 is 11.9. The average molecular weight is 381 g/mol. The summed E-state index contributed by atoms with van der Waals surface area (Å²) < 4.78 is 5.40. The Hall–Kier alpha value is -2.24. The van der Waals surface area contributed by atoms with Crippen LogP contribution in [-0.2, 0) is 16.0 Å². The molecule has 2 aromatic rings. The summed E-state index contributed by atoms with van der Waals surface area (Å²) in [7, 11) is 0. The molecule has 0 saturated heterocycles. The number of nitrogens with one attached hydrogen (secondary N) is 2. The molecule has 0 fully saturated rings. The molecule has 0 aliphatic carbocycles. The molecule has 2 rings (SSSR count). The van der Waals surface area contributed by atoms with Gasteiger partial charge >= 0.3 is 0 Å². The Morgan fingerprint density at radius 2 is 1.80 bits per heavy atom. The third kappa shape index (κ3) is 6.64. The molecule has 7 heteroatoms. The second-order valence-corrected chi connectivity index (χ2v) is 6.17. The normalized spacial score (nSPS) is 10.2. The summed E-state index contributed by atoms with van der Waals surface area (Å²) in [5, 5.41) is 6.58. The topological polar surface area (TPSA) is 67.4 Å². The van der Waals surface area contributed by atoms with Crippen molar-refractivity contribution in [3.8, 4) is 5.75 Å². The number of carbonyl (C=O) groups is 2. The Morgan fingerprint density at radius 1 is 1.08 bits per heavy atom. The zero-order valence-electron chi connectivity index (χ0n) is 13.6. The fourth-order valence-electron chi connectivity index (χ4n) is 2.10. The van der Waals surface area contributed by atoms with Crippen molar-refractivity contribution in [2.24, 2.45) is 0 Å². The molecule has 25 heavy (non-hydrogen) atoms. The summed E-state index contributed by atoms with van der Waals surface area (Å²) in [4.78, 5) is 22.8. The minimum absolute atomic E-state index is 0.0895.